The predicted molar refractivity (Wildman–Crippen MR) is 136 cm³/mol. The first-order chi connectivity index (χ1) is 17.8. The number of aromatic nitrogens is 1. The van der Waals surface area contributed by atoms with Crippen molar-refractivity contribution in [2.75, 3.05) is 12.4 Å². The lowest BCUT2D eigenvalue weighted by molar-refractivity contribution is -0.137. The monoisotopic (exact) mass is 527 g/mol. The van der Waals surface area contributed by atoms with Crippen LogP contribution >= 0.6 is 11.8 Å². The van der Waals surface area contributed by atoms with Gasteiger partial charge in [0.05, 0.1) is 41.0 Å². The average molecular weight is 528 g/mol. The van der Waals surface area contributed by atoms with Gasteiger partial charge in [0.15, 0.2) is 0 Å². The van der Waals surface area contributed by atoms with Crippen molar-refractivity contribution in [1.29, 1.82) is 0 Å². The number of carboxylic acid groups (broad SMARTS) is 1. The molecule has 1 N–H and O–H groups in total. The molecule has 0 aliphatic carbocycles. The second kappa shape index (κ2) is 12.1. The molecule has 9 heteroatoms. The maximum atomic E-state index is 12.7. The van der Waals surface area contributed by atoms with Gasteiger partial charge < -0.3 is 14.6 Å². The molecule has 0 saturated heterocycles. The first-order valence-electron chi connectivity index (χ1n) is 11.4. The van der Waals surface area contributed by atoms with Crippen LogP contribution in [0, 0.1) is 0 Å². The van der Waals surface area contributed by atoms with Crippen LogP contribution < -0.4 is 4.74 Å². The zero-order valence-electron chi connectivity index (χ0n) is 19.6. The highest BCUT2D eigenvalue weighted by atomic mass is 32.2. The predicted octanol–water partition coefficient (Wildman–Crippen LogP) is 6.91. The fraction of sp³-hybridized carbons (Fsp3) is 0.214. The van der Waals surface area contributed by atoms with Gasteiger partial charge in [0.1, 0.15) is 12.4 Å². The van der Waals surface area contributed by atoms with Gasteiger partial charge in [-0.3, -0.25) is 4.79 Å². The summed E-state index contributed by atoms with van der Waals surface area (Å²) in [5.41, 5.74) is 2.43. The summed E-state index contributed by atoms with van der Waals surface area (Å²) in [7, 11) is 0. The number of para-hydroxylation sites is 1. The highest BCUT2D eigenvalue weighted by Crippen LogP contribution is 2.32. The van der Waals surface area contributed by atoms with Crippen molar-refractivity contribution in [3.63, 3.8) is 0 Å². The second-order valence-electron chi connectivity index (χ2n) is 8.26. The number of carboxylic acids is 1. The molecular formula is C28H24F3NO4S. The average Bonchev–Trinajstić information content (AvgIpc) is 2.89. The first-order valence-corrected chi connectivity index (χ1v) is 12.5. The zero-order chi connectivity index (χ0) is 26.3. The van der Waals surface area contributed by atoms with Gasteiger partial charge in [0.25, 0.3) is 0 Å². The fourth-order valence-electron chi connectivity index (χ4n) is 3.61. The molecule has 0 spiro atoms. The SMILES string of the molecule is O=C(O)CSC(COCc1ccc(C(F)(F)F)cc1)c1ccc(OCc2ccc3ccccc3n2)cc1. The van der Waals surface area contributed by atoms with E-state index >= 15 is 0 Å². The number of rotatable bonds is 11. The van der Waals surface area contributed by atoms with Crippen LogP contribution in [0.4, 0.5) is 13.2 Å². The van der Waals surface area contributed by atoms with Crippen LogP contribution in [0.15, 0.2) is 84.9 Å². The van der Waals surface area contributed by atoms with Crippen molar-refractivity contribution >= 4 is 28.6 Å². The highest BCUT2D eigenvalue weighted by molar-refractivity contribution is 8.00. The molecule has 4 rings (SSSR count). The lowest BCUT2D eigenvalue weighted by Crippen LogP contribution is -2.09. The molecular weight excluding hydrogens is 503 g/mol. The summed E-state index contributed by atoms with van der Waals surface area (Å²) >= 11 is 1.22. The van der Waals surface area contributed by atoms with E-state index in [-0.39, 0.29) is 24.2 Å². The van der Waals surface area contributed by atoms with Gasteiger partial charge in [0, 0.05) is 5.39 Å². The summed E-state index contributed by atoms with van der Waals surface area (Å²) in [6, 6.07) is 23.9. The Hall–Kier alpha value is -3.56. The number of thioether (sulfide) groups is 1. The molecule has 4 aromatic rings. The zero-order valence-corrected chi connectivity index (χ0v) is 20.5. The topological polar surface area (TPSA) is 68.7 Å². The van der Waals surface area contributed by atoms with Gasteiger partial charge in [0.2, 0.25) is 0 Å². The van der Waals surface area contributed by atoms with E-state index in [0.29, 0.717) is 17.9 Å². The second-order valence-corrected chi connectivity index (χ2v) is 9.45. The van der Waals surface area contributed by atoms with Gasteiger partial charge >= 0.3 is 12.1 Å². The summed E-state index contributed by atoms with van der Waals surface area (Å²) in [5.74, 6) is -0.410. The third kappa shape index (κ3) is 7.71. The Labute approximate surface area is 216 Å². The highest BCUT2D eigenvalue weighted by Gasteiger charge is 2.29. The Kier molecular flexibility index (Phi) is 8.68. The summed E-state index contributed by atoms with van der Waals surface area (Å²) in [6.07, 6.45) is -4.39. The Bertz CT molecular complexity index is 1330. The molecule has 0 radical (unpaired) electrons. The van der Waals surface area contributed by atoms with Gasteiger partial charge in [-0.05, 0) is 47.5 Å². The largest absolute Gasteiger partial charge is 0.487 e. The number of alkyl halides is 3. The minimum absolute atomic E-state index is 0.111. The number of fused-ring (bicyclic) bond motifs is 1. The van der Waals surface area contributed by atoms with E-state index in [1.807, 2.05) is 48.5 Å². The number of hydrogen-bond acceptors (Lipinski definition) is 5. The van der Waals surface area contributed by atoms with Crippen molar-refractivity contribution < 1.29 is 32.5 Å². The quantitative estimate of drug-likeness (QED) is 0.229. The normalized spacial score (nSPS) is 12.4. The van der Waals surface area contributed by atoms with Crippen molar-refractivity contribution in [2.24, 2.45) is 0 Å². The minimum atomic E-state index is -4.39. The number of nitrogens with zero attached hydrogens (tertiary/aromatic N) is 1. The van der Waals surface area contributed by atoms with Gasteiger partial charge in [-0.25, -0.2) is 4.98 Å². The van der Waals surface area contributed by atoms with E-state index in [2.05, 4.69) is 4.98 Å². The number of pyridine rings is 1. The Morgan fingerprint density at radius 3 is 2.35 bits per heavy atom. The molecule has 37 heavy (non-hydrogen) atoms. The number of halogens is 3. The lowest BCUT2D eigenvalue weighted by atomic mass is 10.1. The van der Waals surface area contributed by atoms with E-state index in [0.717, 1.165) is 34.3 Å². The number of benzene rings is 3. The molecule has 0 aliphatic heterocycles. The minimum Gasteiger partial charge on any atom is -0.487 e. The number of ether oxygens (including phenoxy) is 2. The molecule has 0 fully saturated rings. The molecule has 5 nitrogen and oxygen atoms in total. The van der Waals surface area contributed by atoms with Crippen LogP contribution in [0.1, 0.15) is 27.6 Å². The van der Waals surface area contributed by atoms with Crippen molar-refractivity contribution in [2.45, 2.75) is 24.6 Å². The smallest absolute Gasteiger partial charge is 0.416 e. The Balaban J connectivity index is 1.35. The molecule has 192 valence electrons. The van der Waals surface area contributed by atoms with Crippen LogP contribution in [0.2, 0.25) is 0 Å². The summed E-state index contributed by atoms with van der Waals surface area (Å²) in [5, 5.41) is 9.89. The molecule has 0 saturated carbocycles. The molecule has 1 aromatic heterocycles. The summed E-state index contributed by atoms with van der Waals surface area (Å²) < 4.78 is 49.8. The third-order valence-corrected chi connectivity index (χ3v) is 6.75. The number of hydrogen-bond donors (Lipinski definition) is 1. The fourth-order valence-corrected chi connectivity index (χ4v) is 4.50. The van der Waals surface area contributed by atoms with Crippen LogP contribution in [0.5, 0.6) is 5.75 Å². The molecule has 0 amide bonds. The molecule has 1 atom stereocenters. The summed E-state index contributed by atoms with van der Waals surface area (Å²) in [6.45, 7) is 0.611. The number of aliphatic carboxylic acids is 1. The van der Waals surface area contributed by atoms with Crippen molar-refractivity contribution in [3.8, 4) is 5.75 Å². The Morgan fingerprint density at radius 2 is 1.65 bits per heavy atom. The maximum Gasteiger partial charge on any atom is 0.416 e. The van der Waals surface area contributed by atoms with E-state index in [4.69, 9.17) is 14.6 Å². The van der Waals surface area contributed by atoms with Crippen LogP contribution in [-0.2, 0) is 28.9 Å². The van der Waals surface area contributed by atoms with Crippen LogP contribution in [-0.4, -0.2) is 28.4 Å². The Morgan fingerprint density at radius 1 is 0.919 bits per heavy atom. The van der Waals surface area contributed by atoms with E-state index < -0.39 is 17.7 Å². The van der Waals surface area contributed by atoms with E-state index in [1.54, 1.807) is 12.1 Å². The maximum absolute atomic E-state index is 12.7. The van der Waals surface area contributed by atoms with E-state index in [9.17, 15) is 18.0 Å². The first kappa shape index (κ1) is 26.5. The van der Waals surface area contributed by atoms with Gasteiger partial charge in [-0.15, -0.1) is 11.8 Å². The van der Waals surface area contributed by atoms with E-state index in [1.165, 1.54) is 23.9 Å². The molecule has 1 unspecified atom stereocenters. The van der Waals surface area contributed by atoms with Crippen molar-refractivity contribution in [1.82, 2.24) is 4.98 Å². The molecule has 3 aromatic carbocycles. The summed E-state index contributed by atoms with van der Waals surface area (Å²) in [4.78, 5) is 15.7. The molecule has 1 heterocycles. The van der Waals surface area contributed by atoms with Gasteiger partial charge in [-0.1, -0.05) is 48.5 Å². The van der Waals surface area contributed by atoms with Gasteiger partial charge in [-0.2, -0.15) is 13.2 Å². The standard InChI is InChI=1S/C28H24F3NO4S/c29-28(30,31)22-10-5-19(6-11-22)15-35-17-26(37-18-27(33)34)21-8-13-24(14-9-21)36-16-23-12-7-20-3-1-2-4-25(20)32-23/h1-14,26H,15-18H2,(H,33,34). The number of carbonyl (C=O) groups is 1. The van der Waals surface area contributed by atoms with Crippen molar-refractivity contribution in [3.05, 3.63) is 107 Å². The lowest BCUT2D eigenvalue weighted by Gasteiger charge is -2.17. The molecule has 0 bridgehead atoms. The third-order valence-electron chi connectivity index (χ3n) is 5.52. The van der Waals surface area contributed by atoms with Crippen LogP contribution in [0.3, 0.4) is 0 Å². The molecule has 0 aliphatic rings. The van der Waals surface area contributed by atoms with Crippen LogP contribution in [0.25, 0.3) is 10.9 Å².